The van der Waals surface area contributed by atoms with Crippen molar-refractivity contribution in [3.63, 3.8) is 0 Å². The Bertz CT molecular complexity index is 781. The molecule has 1 amide bonds. The van der Waals surface area contributed by atoms with E-state index in [0.717, 1.165) is 18.1 Å². The van der Waals surface area contributed by atoms with Crippen LogP contribution in [-0.2, 0) is 13.5 Å². The van der Waals surface area contributed by atoms with Gasteiger partial charge in [0.1, 0.15) is 0 Å². The van der Waals surface area contributed by atoms with Gasteiger partial charge in [-0.25, -0.2) is 0 Å². The zero-order chi connectivity index (χ0) is 19.8. The molecule has 0 aliphatic heterocycles. The molecule has 0 spiro atoms. The Hall–Kier alpha value is -2.83. The average molecular weight is 371 g/mol. The van der Waals surface area contributed by atoms with E-state index >= 15 is 0 Å². The minimum Gasteiger partial charge on any atom is -0.355 e. The van der Waals surface area contributed by atoms with Gasteiger partial charge in [0.2, 0.25) is 0 Å². The minimum absolute atomic E-state index is 0.0729. The molecule has 146 valence electrons. The Morgan fingerprint density at radius 1 is 1.19 bits per heavy atom. The topological polar surface area (TPSA) is 83.3 Å². The summed E-state index contributed by atoms with van der Waals surface area (Å²) in [5, 5.41) is 14.0. The summed E-state index contributed by atoms with van der Waals surface area (Å²) >= 11 is 0. The molecule has 1 atom stereocenters. The van der Waals surface area contributed by atoms with Gasteiger partial charge in [-0.2, -0.15) is 5.10 Å². The number of hydrogen-bond donors (Lipinski definition) is 3. The van der Waals surface area contributed by atoms with Crippen molar-refractivity contribution in [1.29, 1.82) is 0 Å². The number of carbonyl (C=O) groups is 1. The lowest BCUT2D eigenvalue weighted by Gasteiger charge is -2.18. The number of guanidine groups is 1. The Balaban J connectivity index is 1.76. The second-order valence-corrected chi connectivity index (χ2v) is 6.64. The number of nitrogens with zero attached hydrogens (tertiary/aromatic N) is 3. The minimum atomic E-state index is -0.0729. The summed E-state index contributed by atoms with van der Waals surface area (Å²) < 4.78 is 1.92. The molecule has 1 unspecified atom stereocenters. The predicted molar refractivity (Wildman–Crippen MR) is 109 cm³/mol. The molecule has 0 saturated heterocycles. The highest BCUT2D eigenvalue weighted by atomic mass is 16.1. The number of aliphatic imine (C=N–C) groups is 1. The van der Waals surface area contributed by atoms with Crippen molar-refractivity contribution < 1.29 is 4.79 Å². The Morgan fingerprint density at radius 3 is 2.44 bits per heavy atom. The number of benzene rings is 1. The Kier molecular flexibility index (Phi) is 7.40. The summed E-state index contributed by atoms with van der Waals surface area (Å²) in [6, 6.07) is 9.40. The van der Waals surface area contributed by atoms with E-state index in [2.05, 4.69) is 39.9 Å². The summed E-state index contributed by atoms with van der Waals surface area (Å²) in [5.74, 6) is 0.645. The standard InChI is InChI=1S/C20H30N6O/c1-14(13-18-15(2)25-26(5)16(18)3)24-20(21-4)23-12-11-22-19(27)17-9-7-6-8-10-17/h6-10,14H,11-13H2,1-5H3,(H,22,27)(H2,21,23,24). The number of carbonyl (C=O) groups excluding carboxylic acids is 1. The van der Waals surface area contributed by atoms with Gasteiger partial charge in [0.05, 0.1) is 5.69 Å². The maximum absolute atomic E-state index is 12.0. The van der Waals surface area contributed by atoms with Crippen molar-refractivity contribution in [1.82, 2.24) is 25.7 Å². The first-order valence-corrected chi connectivity index (χ1v) is 9.21. The molecule has 1 heterocycles. The fourth-order valence-corrected chi connectivity index (χ4v) is 2.95. The van der Waals surface area contributed by atoms with Gasteiger partial charge in [-0.1, -0.05) is 18.2 Å². The molecule has 1 aromatic carbocycles. The van der Waals surface area contributed by atoms with Gasteiger partial charge in [0, 0.05) is 44.5 Å². The maximum Gasteiger partial charge on any atom is 0.251 e. The number of aryl methyl sites for hydroxylation is 2. The van der Waals surface area contributed by atoms with Gasteiger partial charge in [0.25, 0.3) is 5.91 Å². The Labute approximate surface area is 161 Å². The molecule has 7 nitrogen and oxygen atoms in total. The fraction of sp³-hybridized carbons (Fsp3) is 0.450. The average Bonchev–Trinajstić information content (AvgIpc) is 2.90. The van der Waals surface area contributed by atoms with Gasteiger partial charge in [-0.15, -0.1) is 0 Å². The molecule has 7 heteroatoms. The van der Waals surface area contributed by atoms with Crippen molar-refractivity contribution in [2.45, 2.75) is 33.2 Å². The van der Waals surface area contributed by atoms with Crippen molar-refractivity contribution in [3.05, 3.63) is 52.8 Å². The van der Waals surface area contributed by atoms with Crippen LogP contribution < -0.4 is 16.0 Å². The van der Waals surface area contributed by atoms with Crippen LogP contribution in [0.25, 0.3) is 0 Å². The third kappa shape index (κ3) is 5.84. The number of nitrogens with one attached hydrogen (secondary N) is 3. The van der Waals surface area contributed by atoms with E-state index < -0.39 is 0 Å². The van der Waals surface area contributed by atoms with Gasteiger partial charge < -0.3 is 16.0 Å². The van der Waals surface area contributed by atoms with E-state index in [4.69, 9.17) is 0 Å². The molecule has 0 fully saturated rings. The molecule has 2 aromatic rings. The highest BCUT2D eigenvalue weighted by Gasteiger charge is 2.14. The molecule has 0 aliphatic rings. The van der Waals surface area contributed by atoms with Crippen LogP contribution in [0.2, 0.25) is 0 Å². The summed E-state index contributed by atoms with van der Waals surface area (Å²) in [6.45, 7) is 7.36. The first kappa shape index (κ1) is 20.5. The van der Waals surface area contributed by atoms with Crippen molar-refractivity contribution >= 4 is 11.9 Å². The maximum atomic E-state index is 12.0. The molecule has 0 aliphatic carbocycles. The molecular formula is C20H30N6O. The second kappa shape index (κ2) is 9.75. The first-order valence-electron chi connectivity index (χ1n) is 9.21. The number of rotatable bonds is 7. The lowest BCUT2D eigenvalue weighted by atomic mass is 10.1. The summed E-state index contributed by atoms with van der Waals surface area (Å²) in [4.78, 5) is 16.3. The summed E-state index contributed by atoms with van der Waals surface area (Å²) in [7, 11) is 3.71. The third-order valence-corrected chi connectivity index (χ3v) is 4.51. The van der Waals surface area contributed by atoms with Crippen LogP contribution in [0.1, 0.15) is 34.2 Å². The molecule has 1 aromatic heterocycles. The zero-order valence-corrected chi connectivity index (χ0v) is 16.8. The molecule has 2 rings (SSSR count). The molecule has 27 heavy (non-hydrogen) atoms. The quantitative estimate of drug-likeness (QED) is 0.392. The summed E-state index contributed by atoms with van der Waals surface area (Å²) in [5.41, 5.74) is 4.18. The highest BCUT2D eigenvalue weighted by molar-refractivity contribution is 5.94. The van der Waals surface area contributed by atoms with Crippen LogP contribution in [0.4, 0.5) is 0 Å². The van der Waals surface area contributed by atoms with Gasteiger partial charge in [0.15, 0.2) is 5.96 Å². The van der Waals surface area contributed by atoms with E-state index in [1.807, 2.05) is 36.9 Å². The number of hydrogen-bond acceptors (Lipinski definition) is 3. The summed E-state index contributed by atoms with van der Waals surface area (Å²) in [6.07, 6.45) is 0.872. The third-order valence-electron chi connectivity index (χ3n) is 4.51. The SMILES string of the molecule is CN=C(NCCNC(=O)c1ccccc1)NC(C)Cc1c(C)nn(C)c1C. The van der Waals surface area contributed by atoms with Crippen LogP contribution in [0.5, 0.6) is 0 Å². The van der Waals surface area contributed by atoms with E-state index in [9.17, 15) is 4.79 Å². The number of amides is 1. The van der Waals surface area contributed by atoms with Gasteiger partial charge >= 0.3 is 0 Å². The van der Waals surface area contributed by atoms with Crippen molar-refractivity contribution in [2.75, 3.05) is 20.1 Å². The monoisotopic (exact) mass is 370 g/mol. The van der Waals surface area contributed by atoms with Crippen molar-refractivity contribution in [2.24, 2.45) is 12.0 Å². The molecule has 3 N–H and O–H groups in total. The van der Waals surface area contributed by atoms with Crippen LogP contribution >= 0.6 is 0 Å². The van der Waals surface area contributed by atoms with E-state index in [1.54, 1.807) is 19.2 Å². The smallest absolute Gasteiger partial charge is 0.251 e. The van der Waals surface area contributed by atoms with E-state index in [1.165, 1.54) is 11.3 Å². The van der Waals surface area contributed by atoms with Gasteiger partial charge in [-0.3, -0.25) is 14.5 Å². The lowest BCUT2D eigenvalue weighted by Crippen LogP contribution is -2.45. The van der Waals surface area contributed by atoms with Gasteiger partial charge in [-0.05, 0) is 44.9 Å². The van der Waals surface area contributed by atoms with Crippen LogP contribution in [-0.4, -0.2) is 47.8 Å². The molecule has 0 saturated carbocycles. The van der Waals surface area contributed by atoms with Crippen LogP contribution in [0, 0.1) is 13.8 Å². The first-order chi connectivity index (χ1) is 12.9. The van der Waals surface area contributed by atoms with Crippen molar-refractivity contribution in [3.8, 4) is 0 Å². The Morgan fingerprint density at radius 2 is 1.85 bits per heavy atom. The highest BCUT2D eigenvalue weighted by Crippen LogP contribution is 2.14. The second-order valence-electron chi connectivity index (χ2n) is 6.64. The zero-order valence-electron chi connectivity index (χ0n) is 16.8. The fourth-order valence-electron chi connectivity index (χ4n) is 2.95. The molecule has 0 bridgehead atoms. The normalized spacial score (nSPS) is 12.6. The van der Waals surface area contributed by atoms with Crippen LogP contribution in [0.15, 0.2) is 35.3 Å². The molecular weight excluding hydrogens is 340 g/mol. The van der Waals surface area contributed by atoms with E-state index in [0.29, 0.717) is 18.7 Å². The van der Waals surface area contributed by atoms with E-state index in [-0.39, 0.29) is 11.9 Å². The number of aromatic nitrogens is 2. The predicted octanol–water partition coefficient (Wildman–Crippen LogP) is 1.56. The largest absolute Gasteiger partial charge is 0.355 e. The lowest BCUT2D eigenvalue weighted by molar-refractivity contribution is 0.0954. The van der Waals surface area contributed by atoms with Crippen LogP contribution in [0.3, 0.4) is 0 Å². The molecule has 0 radical (unpaired) electrons.